The molecule has 0 spiro atoms. The van der Waals surface area contributed by atoms with Crippen LogP contribution in [0, 0.1) is 0 Å². The Kier molecular flexibility index (Phi) is 2.85. The van der Waals surface area contributed by atoms with Crippen molar-refractivity contribution in [3.05, 3.63) is 35.0 Å². The highest BCUT2D eigenvalue weighted by atomic mass is 35.5. The van der Waals surface area contributed by atoms with Crippen LogP contribution in [0.5, 0.6) is 0 Å². The van der Waals surface area contributed by atoms with E-state index in [0.29, 0.717) is 11.4 Å². The third kappa shape index (κ3) is 2.03. The van der Waals surface area contributed by atoms with Crippen molar-refractivity contribution in [3.8, 4) is 0 Å². The molecule has 1 heterocycles. The van der Waals surface area contributed by atoms with Gasteiger partial charge in [0.15, 0.2) is 0 Å². The summed E-state index contributed by atoms with van der Waals surface area (Å²) in [6, 6.07) is 4.55. The van der Waals surface area contributed by atoms with Crippen LogP contribution in [0.2, 0.25) is 5.02 Å². The van der Waals surface area contributed by atoms with Crippen molar-refractivity contribution in [2.75, 3.05) is 0 Å². The van der Waals surface area contributed by atoms with Crippen molar-refractivity contribution in [1.82, 2.24) is 4.98 Å². The summed E-state index contributed by atoms with van der Waals surface area (Å²) < 4.78 is 0. The number of hydrogen-bond acceptors (Lipinski definition) is 2. The lowest BCUT2D eigenvalue weighted by molar-refractivity contribution is -0.138. The molecule has 4 nitrogen and oxygen atoms in total. The lowest BCUT2D eigenvalue weighted by Crippen LogP contribution is -2.32. The van der Waals surface area contributed by atoms with E-state index in [0.717, 1.165) is 16.5 Å². The number of nitrogens with one attached hydrogen (secondary N) is 1. The first kappa shape index (κ1) is 11.0. The van der Waals surface area contributed by atoms with Crippen LogP contribution >= 0.6 is 11.6 Å². The number of benzene rings is 1. The van der Waals surface area contributed by atoms with Gasteiger partial charge in [-0.1, -0.05) is 17.7 Å². The molecule has 0 radical (unpaired) electrons. The fourth-order valence-corrected chi connectivity index (χ4v) is 1.82. The number of fused-ring (bicyclic) bond motifs is 1. The van der Waals surface area contributed by atoms with Crippen LogP contribution in [0.15, 0.2) is 24.4 Å². The summed E-state index contributed by atoms with van der Waals surface area (Å²) in [4.78, 5) is 13.7. The highest BCUT2D eigenvalue weighted by molar-refractivity contribution is 6.31. The molecule has 5 heteroatoms. The number of carboxylic acid groups (broad SMARTS) is 1. The maximum Gasteiger partial charge on any atom is 0.320 e. The Balaban J connectivity index is 2.35. The topological polar surface area (TPSA) is 79.1 Å². The third-order valence-electron chi connectivity index (χ3n) is 2.49. The zero-order valence-electron chi connectivity index (χ0n) is 8.40. The van der Waals surface area contributed by atoms with Crippen molar-refractivity contribution in [2.45, 2.75) is 12.5 Å². The monoisotopic (exact) mass is 238 g/mol. The summed E-state index contributed by atoms with van der Waals surface area (Å²) in [7, 11) is 0. The highest BCUT2D eigenvalue weighted by Crippen LogP contribution is 2.22. The van der Waals surface area contributed by atoms with Gasteiger partial charge in [0.1, 0.15) is 6.04 Å². The van der Waals surface area contributed by atoms with Gasteiger partial charge >= 0.3 is 5.97 Å². The Hall–Kier alpha value is -1.52. The number of hydrogen-bond donors (Lipinski definition) is 3. The molecule has 2 rings (SSSR count). The molecule has 0 fully saturated rings. The van der Waals surface area contributed by atoms with Gasteiger partial charge in [-0.05, 0) is 17.7 Å². The van der Waals surface area contributed by atoms with Crippen LogP contribution in [0.4, 0.5) is 0 Å². The second kappa shape index (κ2) is 4.15. The molecule has 0 unspecified atom stereocenters. The van der Waals surface area contributed by atoms with Crippen molar-refractivity contribution in [2.24, 2.45) is 5.73 Å². The van der Waals surface area contributed by atoms with E-state index in [4.69, 9.17) is 22.4 Å². The summed E-state index contributed by atoms with van der Waals surface area (Å²) in [6.45, 7) is 0. The van der Waals surface area contributed by atoms with Crippen molar-refractivity contribution >= 4 is 28.5 Å². The van der Waals surface area contributed by atoms with E-state index in [-0.39, 0.29) is 0 Å². The normalized spacial score (nSPS) is 12.9. The molecular formula is C11H11ClN2O2. The van der Waals surface area contributed by atoms with Gasteiger partial charge in [0.25, 0.3) is 0 Å². The quantitative estimate of drug-likeness (QED) is 0.763. The molecule has 4 N–H and O–H groups in total. The minimum atomic E-state index is -0.997. The summed E-state index contributed by atoms with van der Waals surface area (Å²) in [5, 5.41) is 10.3. The van der Waals surface area contributed by atoms with Crippen molar-refractivity contribution in [1.29, 1.82) is 0 Å². The van der Waals surface area contributed by atoms with Gasteiger partial charge in [0.2, 0.25) is 0 Å². The van der Waals surface area contributed by atoms with E-state index in [2.05, 4.69) is 4.98 Å². The number of halogens is 1. The summed E-state index contributed by atoms with van der Waals surface area (Å²) in [6.07, 6.45) is 2.07. The number of H-pyrrole nitrogens is 1. The van der Waals surface area contributed by atoms with Crippen LogP contribution in [0.1, 0.15) is 5.56 Å². The van der Waals surface area contributed by atoms with Gasteiger partial charge in [0.05, 0.1) is 0 Å². The van der Waals surface area contributed by atoms with E-state index in [1.807, 2.05) is 6.07 Å². The SMILES string of the molecule is N[C@H](Cc1c[nH]c2cc(Cl)ccc12)C(=O)O. The maximum atomic E-state index is 10.7. The van der Waals surface area contributed by atoms with Gasteiger partial charge in [-0.15, -0.1) is 0 Å². The Morgan fingerprint density at radius 2 is 2.31 bits per heavy atom. The second-order valence-electron chi connectivity index (χ2n) is 3.65. The van der Waals surface area contributed by atoms with Crippen LogP contribution in [-0.4, -0.2) is 22.1 Å². The summed E-state index contributed by atoms with van der Waals surface area (Å²) in [5.41, 5.74) is 7.27. The number of rotatable bonds is 3. The molecule has 1 atom stereocenters. The average Bonchev–Trinajstić information content (AvgIpc) is 2.60. The van der Waals surface area contributed by atoms with E-state index in [9.17, 15) is 4.79 Å². The van der Waals surface area contributed by atoms with E-state index in [1.165, 1.54) is 0 Å². The molecule has 0 aliphatic carbocycles. The van der Waals surface area contributed by atoms with Crippen LogP contribution in [0.25, 0.3) is 10.9 Å². The Bertz CT molecular complexity index is 536. The number of carboxylic acids is 1. The zero-order chi connectivity index (χ0) is 11.7. The standard InChI is InChI=1S/C11H11ClN2O2/c12-7-1-2-8-6(3-9(13)11(15)16)5-14-10(8)4-7/h1-2,4-5,9,14H,3,13H2,(H,15,16)/t9-/m1/s1. The summed E-state index contributed by atoms with van der Waals surface area (Å²) in [5.74, 6) is -0.997. The van der Waals surface area contributed by atoms with E-state index < -0.39 is 12.0 Å². The fourth-order valence-electron chi connectivity index (χ4n) is 1.65. The van der Waals surface area contributed by atoms with E-state index >= 15 is 0 Å². The number of nitrogens with two attached hydrogens (primary N) is 1. The van der Waals surface area contributed by atoms with Gasteiger partial charge in [0, 0.05) is 28.5 Å². The molecule has 1 aromatic heterocycles. The molecule has 0 bridgehead atoms. The number of carbonyl (C=O) groups is 1. The minimum absolute atomic E-state index is 0.303. The molecule has 0 amide bonds. The predicted octanol–water partition coefficient (Wildman–Crippen LogP) is 1.78. The van der Waals surface area contributed by atoms with Crippen molar-refractivity contribution in [3.63, 3.8) is 0 Å². The highest BCUT2D eigenvalue weighted by Gasteiger charge is 2.14. The van der Waals surface area contributed by atoms with Crippen LogP contribution in [-0.2, 0) is 11.2 Å². The Morgan fingerprint density at radius 3 is 3.00 bits per heavy atom. The first-order valence-corrected chi connectivity index (χ1v) is 5.19. The molecule has 0 aliphatic rings. The number of aliphatic carboxylic acids is 1. The largest absolute Gasteiger partial charge is 0.480 e. The fraction of sp³-hybridized carbons (Fsp3) is 0.182. The molecule has 1 aromatic carbocycles. The van der Waals surface area contributed by atoms with Gasteiger partial charge in [-0.2, -0.15) is 0 Å². The van der Waals surface area contributed by atoms with Crippen LogP contribution in [0.3, 0.4) is 0 Å². The molecular weight excluding hydrogens is 228 g/mol. The Morgan fingerprint density at radius 1 is 1.56 bits per heavy atom. The van der Waals surface area contributed by atoms with Gasteiger partial charge < -0.3 is 15.8 Å². The van der Waals surface area contributed by atoms with Gasteiger partial charge in [-0.25, -0.2) is 0 Å². The maximum absolute atomic E-state index is 10.7. The molecule has 2 aromatic rings. The molecule has 0 aliphatic heterocycles. The second-order valence-corrected chi connectivity index (χ2v) is 4.09. The molecule has 0 saturated heterocycles. The lowest BCUT2D eigenvalue weighted by Gasteiger charge is -2.04. The summed E-state index contributed by atoms with van der Waals surface area (Å²) >= 11 is 5.85. The first-order valence-electron chi connectivity index (χ1n) is 4.82. The molecule has 0 saturated carbocycles. The molecule has 84 valence electrons. The van der Waals surface area contributed by atoms with E-state index in [1.54, 1.807) is 18.3 Å². The zero-order valence-corrected chi connectivity index (χ0v) is 9.16. The minimum Gasteiger partial charge on any atom is -0.480 e. The molecule has 16 heavy (non-hydrogen) atoms. The van der Waals surface area contributed by atoms with Crippen molar-refractivity contribution < 1.29 is 9.90 Å². The number of aromatic amines is 1. The average molecular weight is 239 g/mol. The smallest absolute Gasteiger partial charge is 0.320 e. The van der Waals surface area contributed by atoms with Gasteiger partial charge in [-0.3, -0.25) is 4.79 Å². The third-order valence-corrected chi connectivity index (χ3v) is 2.72. The lowest BCUT2D eigenvalue weighted by atomic mass is 10.1. The van der Waals surface area contributed by atoms with Crippen LogP contribution < -0.4 is 5.73 Å². The predicted molar refractivity (Wildman–Crippen MR) is 62.6 cm³/mol. The first-order chi connectivity index (χ1) is 7.58. The Labute approximate surface area is 97.0 Å². The number of aromatic nitrogens is 1.